The van der Waals surface area contributed by atoms with Gasteiger partial charge in [-0.1, -0.05) is 84.9 Å². The summed E-state index contributed by atoms with van der Waals surface area (Å²) >= 11 is 0. The quantitative estimate of drug-likeness (QED) is 0.131. The van der Waals surface area contributed by atoms with Crippen molar-refractivity contribution in [2.24, 2.45) is 0 Å². The van der Waals surface area contributed by atoms with Crippen molar-refractivity contribution in [2.75, 3.05) is 0 Å². The van der Waals surface area contributed by atoms with E-state index in [9.17, 15) is 47.4 Å². The Morgan fingerprint density at radius 3 is 0.728 bits per heavy atom. The molecule has 13 heteroatoms. The van der Waals surface area contributed by atoms with Crippen molar-refractivity contribution in [1.82, 2.24) is 19.1 Å². The SMILES string of the molecule is N#Cc1cc(C#N)cc(-c2ccc3c(c2)c2cc(-c4cc(C#N)cc(C#N)c4)ccc2n3-c2cc(C#N)cc(-n3c4ccc(-c5cc(C#N)cc(C#N)c5)cc4c4cc(-c5cc(C#N)cc(C#N)c5)ccc43)c2-c2nc(-c3ccccc3)cc(-c3ccccc3)n2)c1. The molecule has 14 rings (SSSR count). The fraction of sp³-hybridized carbons (Fsp3) is 0. The molecule has 0 amide bonds. The number of hydrogen-bond donors (Lipinski definition) is 0. The molecular weight excluding hydrogens is 1130 g/mol. The molecule has 418 valence electrons. The second kappa shape index (κ2) is 22.7. The molecule has 13 nitrogen and oxygen atoms in total. The van der Waals surface area contributed by atoms with Crippen molar-refractivity contribution in [2.45, 2.75) is 0 Å². The lowest BCUT2D eigenvalue weighted by Gasteiger charge is -2.21. The molecule has 3 heterocycles. The van der Waals surface area contributed by atoms with Gasteiger partial charge in [0.1, 0.15) is 0 Å². The molecule has 11 aromatic carbocycles. The van der Waals surface area contributed by atoms with E-state index < -0.39 is 0 Å². The lowest BCUT2D eigenvalue weighted by Crippen LogP contribution is -2.07. The molecule has 0 saturated carbocycles. The number of fused-ring (bicyclic) bond motifs is 6. The predicted octanol–water partition coefficient (Wildman–Crippen LogP) is 17.2. The first-order chi connectivity index (χ1) is 45.1. The van der Waals surface area contributed by atoms with E-state index in [1.807, 2.05) is 152 Å². The van der Waals surface area contributed by atoms with Crippen LogP contribution in [0.15, 0.2) is 224 Å². The number of nitrogens with zero attached hydrogens (tertiary/aromatic N) is 13. The minimum atomic E-state index is 0.275. The van der Waals surface area contributed by atoms with Gasteiger partial charge in [0.25, 0.3) is 0 Å². The minimum Gasteiger partial charge on any atom is -0.308 e. The second-order valence-electron chi connectivity index (χ2n) is 21.9. The minimum absolute atomic E-state index is 0.275. The summed E-state index contributed by atoms with van der Waals surface area (Å²) in [6.07, 6.45) is 0. The fourth-order valence-electron chi connectivity index (χ4n) is 12.3. The number of hydrogen-bond acceptors (Lipinski definition) is 11. The maximum absolute atomic E-state index is 11.5. The van der Waals surface area contributed by atoms with Crippen LogP contribution < -0.4 is 0 Å². The van der Waals surface area contributed by atoms with E-state index >= 15 is 0 Å². The average molecular weight is 1170 g/mol. The van der Waals surface area contributed by atoms with E-state index in [1.165, 1.54) is 0 Å². The maximum Gasteiger partial charge on any atom is 0.164 e. The molecule has 0 unspecified atom stereocenters. The molecule has 0 aliphatic rings. The molecule has 0 N–H and O–H groups in total. The van der Waals surface area contributed by atoms with Gasteiger partial charge in [-0.3, -0.25) is 0 Å². The van der Waals surface area contributed by atoms with Crippen LogP contribution in [0.25, 0.3) is 133 Å². The standard InChI is InChI=1S/C79H37N13/c80-38-47-19-48(39-81)24-62(23-47)58-11-15-72-66(33-58)67-34-59(63-25-49(40-82)20-50(26-63)41-83)12-16-73(67)91(72)76-31-55(46-88)32-77(78(76)79-89-70(56-7-3-1-4-8-56)37-71(90-79)57-9-5-2-6-10-57)92-74-17-13-60(64-27-51(42-84)21-52(28-64)43-85)35-68(74)69-36-61(14-18-75(69)92)65-29-53(44-86)22-54(30-65)45-87/h1-37H. The Morgan fingerprint density at radius 2 is 0.478 bits per heavy atom. The van der Waals surface area contributed by atoms with E-state index in [0.717, 1.165) is 32.7 Å². The van der Waals surface area contributed by atoms with Gasteiger partial charge in [0.15, 0.2) is 5.82 Å². The lowest BCUT2D eigenvalue weighted by molar-refractivity contribution is 1.10. The van der Waals surface area contributed by atoms with Crippen molar-refractivity contribution in [1.29, 1.82) is 47.4 Å². The zero-order chi connectivity index (χ0) is 63.1. The first-order valence-electron chi connectivity index (χ1n) is 28.7. The summed E-state index contributed by atoms with van der Waals surface area (Å²) in [7, 11) is 0. The smallest absolute Gasteiger partial charge is 0.164 e. The van der Waals surface area contributed by atoms with Crippen LogP contribution in [-0.2, 0) is 0 Å². The van der Waals surface area contributed by atoms with Crippen LogP contribution in [0.1, 0.15) is 50.1 Å². The highest BCUT2D eigenvalue weighted by molar-refractivity contribution is 6.14. The molecule has 0 radical (unpaired) electrons. The third-order valence-electron chi connectivity index (χ3n) is 16.4. The number of aromatic nitrogens is 4. The van der Waals surface area contributed by atoms with Gasteiger partial charge in [-0.25, -0.2) is 9.97 Å². The van der Waals surface area contributed by atoms with Crippen LogP contribution in [-0.4, -0.2) is 19.1 Å². The Morgan fingerprint density at radius 1 is 0.228 bits per heavy atom. The fourth-order valence-corrected chi connectivity index (χ4v) is 12.3. The van der Waals surface area contributed by atoms with E-state index in [2.05, 4.69) is 63.8 Å². The summed E-state index contributed by atoms with van der Waals surface area (Å²) in [5.74, 6) is 0.301. The van der Waals surface area contributed by atoms with Crippen LogP contribution in [0.2, 0.25) is 0 Å². The van der Waals surface area contributed by atoms with Crippen LogP contribution >= 0.6 is 0 Å². The Kier molecular flexibility index (Phi) is 13.7. The first-order valence-corrected chi connectivity index (χ1v) is 28.7. The van der Waals surface area contributed by atoms with Crippen LogP contribution in [0.4, 0.5) is 0 Å². The highest BCUT2D eigenvalue weighted by atomic mass is 15.0. The van der Waals surface area contributed by atoms with Crippen molar-refractivity contribution < 1.29 is 0 Å². The third kappa shape index (κ3) is 9.74. The predicted molar refractivity (Wildman–Crippen MR) is 351 cm³/mol. The summed E-state index contributed by atoms with van der Waals surface area (Å²) < 4.78 is 4.18. The molecule has 92 heavy (non-hydrogen) atoms. The molecule has 0 aliphatic carbocycles. The number of benzene rings is 11. The third-order valence-corrected chi connectivity index (χ3v) is 16.4. The van der Waals surface area contributed by atoms with Gasteiger partial charge in [0, 0.05) is 32.7 Å². The molecule has 0 atom stereocenters. The average Bonchev–Trinajstić information content (AvgIpc) is 1.65. The Balaban J connectivity index is 1.14. The largest absolute Gasteiger partial charge is 0.308 e. The van der Waals surface area contributed by atoms with E-state index in [1.54, 1.807) is 72.8 Å². The Hall–Kier alpha value is -14.5. The second-order valence-corrected chi connectivity index (χ2v) is 21.9. The van der Waals surface area contributed by atoms with Crippen LogP contribution in [0.5, 0.6) is 0 Å². The maximum atomic E-state index is 11.5. The normalized spacial score (nSPS) is 10.7. The van der Waals surface area contributed by atoms with Gasteiger partial charge in [0.2, 0.25) is 0 Å². The van der Waals surface area contributed by atoms with Crippen molar-refractivity contribution in [3.05, 3.63) is 275 Å². The van der Waals surface area contributed by atoms with Gasteiger partial charge >= 0.3 is 0 Å². The van der Waals surface area contributed by atoms with Gasteiger partial charge < -0.3 is 9.13 Å². The highest BCUT2D eigenvalue weighted by Gasteiger charge is 2.27. The summed E-state index contributed by atoms with van der Waals surface area (Å²) in [4.78, 5) is 11.1. The molecule has 0 bridgehead atoms. The zero-order valence-corrected chi connectivity index (χ0v) is 48.2. The summed E-state index contributed by atoms with van der Waals surface area (Å²) in [6, 6.07) is 89.1. The van der Waals surface area contributed by atoms with Gasteiger partial charge in [0.05, 0.1) is 155 Å². The van der Waals surface area contributed by atoms with Crippen molar-refractivity contribution in [3.8, 4) is 144 Å². The summed E-state index contributed by atoms with van der Waals surface area (Å²) in [5.41, 5.74) is 15.3. The van der Waals surface area contributed by atoms with E-state index in [4.69, 9.17) is 9.97 Å². The summed E-state index contributed by atoms with van der Waals surface area (Å²) in [6.45, 7) is 0. The Bertz CT molecular complexity index is 5200. The van der Waals surface area contributed by atoms with Crippen LogP contribution in [0, 0.1) is 102 Å². The van der Waals surface area contributed by atoms with Gasteiger partial charge in [-0.05, 0) is 184 Å². The topological polar surface area (TPSA) is 250 Å². The van der Waals surface area contributed by atoms with Gasteiger partial charge in [-0.15, -0.1) is 0 Å². The van der Waals surface area contributed by atoms with Gasteiger partial charge in [-0.2, -0.15) is 47.4 Å². The molecule has 0 fully saturated rings. The monoisotopic (exact) mass is 1170 g/mol. The number of nitriles is 9. The Labute approximate surface area is 526 Å². The zero-order valence-electron chi connectivity index (χ0n) is 48.2. The highest BCUT2D eigenvalue weighted by Crippen LogP contribution is 2.46. The van der Waals surface area contributed by atoms with Crippen molar-refractivity contribution >= 4 is 43.6 Å². The van der Waals surface area contributed by atoms with Crippen LogP contribution in [0.3, 0.4) is 0 Å². The molecule has 0 spiro atoms. The van der Waals surface area contributed by atoms with E-state index in [0.29, 0.717) is 145 Å². The van der Waals surface area contributed by atoms with Crippen molar-refractivity contribution in [3.63, 3.8) is 0 Å². The number of rotatable bonds is 9. The first kappa shape index (κ1) is 55.4. The molecular formula is C79H37N13. The molecule has 0 aliphatic heterocycles. The summed E-state index contributed by atoms with van der Waals surface area (Å²) in [5, 5.41) is 95.5. The molecule has 0 saturated heterocycles. The lowest BCUT2D eigenvalue weighted by atomic mass is 9.97. The molecule has 3 aromatic heterocycles. The molecule has 14 aromatic rings. The van der Waals surface area contributed by atoms with E-state index in [-0.39, 0.29) is 5.56 Å².